The summed E-state index contributed by atoms with van der Waals surface area (Å²) in [4.78, 5) is 28.2. The third kappa shape index (κ3) is 4.92. The number of esters is 1. The fourth-order valence-corrected chi connectivity index (χ4v) is 2.47. The summed E-state index contributed by atoms with van der Waals surface area (Å²) in [5, 5.41) is 5.96. The van der Waals surface area contributed by atoms with Crippen LogP contribution < -0.4 is 10.6 Å². The fraction of sp³-hybridized carbons (Fsp3) is 0.0952. The van der Waals surface area contributed by atoms with Crippen molar-refractivity contribution in [2.45, 2.75) is 6.54 Å². The van der Waals surface area contributed by atoms with Crippen molar-refractivity contribution in [1.29, 1.82) is 0 Å². The van der Waals surface area contributed by atoms with E-state index in [1.807, 2.05) is 30.3 Å². The Morgan fingerprint density at radius 3 is 2.48 bits per heavy atom. The van der Waals surface area contributed by atoms with E-state index in [-0.39, 0.29) is 5.91 Å². The Balaban J connectivity index is 1.61. The van der Waals surface area contributed by atoms with Gasteiger partial charge in [-0.2, -0.15) is 0 Å². The summed E-state index contributed by atoms with van der Waals surface area (Å²) in [7, 11) is 1.31. The quantitative estimate of drug-likeness (QED) is 0.654. The van der Waals surface area contributed by atoms with E-state index in [1.165, 1.54) is 13.3 Å². The van der Waals surface area contributed by atoms with Gasteiger partial charge in [-0.25, -0.2) is 9.78 Å². The summed E-state index contributed by atoms with van der Waals surface area (Å²) >= 11 is 0. The van der Waals surface area contributed by atoms with Crippen molar-refractivity contribution in [2.75, 3.05) is 17.7 Å². The number of ether oxygens (including phenoxy) is 1. The normalized spacial score (nSPS) is 10.1. The minimum atomic E-state index is -0.457. The number of carbonyl (C=O) groups excluding carboxylic acids is 2. The molecule has 0 bridgehead atoms. The van der Waals surface area contributed by atoms with Crippen LogP contribution in [0.3, 0.4) is 0 Å². The van der Waals surface area contributed by atoms with Crippen molar-refractivity contribution in [3.05, 3.63) is 89.6 Å². The molecule has 0 aliphatic carbocycles. The Morgan fingerprint density at radius 2 is 1.78 bits per heavy atom. The third-order valence-corrected chi connectivity index (χ3v) is 3.88. The van der Waals surface area contributed by atoms with E-state index in [4.69, 9.17) is 0 Å². The molecule has 3 rings (SSSR count). The summed E-state index contributed by atoms with van der Waals surface area (Å²) in [6, 6.07) is 20.0. The molecule has 0 saturated heterocycles. The summed E-state index contributed by atoms with van der Waals surface area (Å²) in [6.07, 6.45) is 1.51. The SMILES string of the molecule is COC(=O)c1cccc(NC(=O)c2ccc(NCc3ccccc3)nc2)c1. The minimum absolute atomic E-state index is 0.306. The van der Waals surface area contributed by atoms with E-state index in [0.717, 1.165) is 5.56 Å². The van der Waals surface area contributed by atoms with Gasteiger partial charge in [-0.3, -0.25) is 4.79 Å². The Morgan fingerprint density at radius 1 is 0.963 bits per heavy atom. The first kappa shape index (κ1) is 18.1. The molecule has 0 radical (unpaired) electrons. The molecule has 1 aromatic heterocycles. The second kappa shape index (κ2) is 8.62. The number of anilines is 2. The van der Waals surface area contributed by atoms with Crippen LogP contribution in [0.2, 0.25) is 0 Å². The number of aromatic nitrogens is 1. The van der Waals surface area contributed by atoms with Gasteiger partial charge in [0.2, 0.25) is 0 Å². The molecule has 0 atom stereocenters. The number of methoxy groups -OCH3 is 1. The fourth-order valence-electron chi connectivity index (χ4n) is 2.47. The van der Waals surface area contributed by atoms with Crippen molar-refractivity contribution >= 4 is 23.4 Å². The molecule has 0 aliphatic rings. The predicted octanol–water partition coefficient (Wildman–Crippen LogP) is 3.73. The van der Waals surface area contributed by atoms with Gasteiger partial charge in [0.25, 0.3) is 5.91 Å². The minimum Gasteiger partial charge on any atom is -0.465 e. The Hall–Kier alpha value is -3.67. The van der Waals surface area contributed by atoms with Gasteiger partial charge in [0, 0.05) is 18.4 Å². The molecule has 0 spiro atoms. The van der Waals surface area contributed by atoms with Crippen LogP contribution in [0.5, 0.6) is 0 Å². The van der Waals surface area contributed by atoms with Crippen LogP contribution in [0.25, 0.3) is 0 Å². The lowest BCUT2D eigenvalue weighted by molar-refractivity contribution is 0.0600. The lowest BCUT2D eigenvalue weighted by Gasteiger charge is -2.08. The summed E-state index contributed by atoms with van der Waals surface area (Å²) < 4.78 is 4.68. The van der Waals surface area contributed by atoms with Crippen molar-refractivity contribution in [2.24, 2.45) is 0 Å². The number of hydrogen-bond donors (Lipinski definition) is 2. The van der Waals surface area contributed by atoms with Gasteiger partial charge < -0.3 is 15.4 Å². The number of carbonyl (C=O) groups is 2. The molecule has 0 fully saturated rings. The van der Waals surface area contributed by atoms with E-state index in [9.17, 15) is 9.59 Å². The van der Waals surface area contributed by atoms with Crippen LogP contribution in [0.1, 0.15) is 26.3 Å². The predicted molar refractivity (Wildman–Crippen MR) is 104 cm³/mol. The molecule has 1 heterocycles. The molecule has 0 unspecified atom stereocenters. The molecule has 6 heteroatoms. The zero-order valence-electron chi connectivity index (χ0n) is 14.8. The monoisotopic (exact) mass is 361 g/mol. The Kier molecular flexibility index (Phi) is 5.79. The lowest BCUT2D eigenvalue weighted by Crippen LogP contribution is -2.13. The highest BCUT2D eigenvalue weighted by Gasteiger charge is 2.10. The molecule has 1 amide bonds. The highest BCUT2D eigenvalue weighted by molar-refractivity contribution is 6.04. The van der Waals surface area contributed by atoms with Crippen LogP contribution in [0, 0.1) is 0 Å². The van der Waals surface area contributed by atoms with Gasteiger partial charge in [0.1, 0.15) is 5.82 Å². The average molecular weight is 361 g/mol. The number of amides is 1. The largest absolute Gasteiger partial charge is 0.465 e. The number of nitrogens with zero attached hydrogens (tertiary/aromatic N) is 1. The maximum Gasteiger partial charge on any atom is 0.337 e. The molecule has 0 saturated carbocycles. The van der Waals surface area contributed by atoms with Crippen LogP contribution in [-0.4, -0.2) is 24.0 Å². The van der Waals surface area contributed by atoms with Crippen molar-refractivity contribution in [3.8, 4) is 0 Å². The third-order valence-electron chi connectivity index (χ3n) is 3.88. The van der Waals surface area contributed by atoms with Crippen molar-refractivity contribution in [1.82, 2.24) is 4.98 Å². The highest BCUT2D eigenvalue weighted by atomic mass is 16.5. The number of rotatable bonds is 6. The van der Waals surface area contributed by atoms with E-state index < -0.39 is 5.97 Å². The second-order valence-corrected chi connectivity index (χ2v) is 5.80. The molecule has 27 heavy (non-hydrogen) atoms. The van der Waals surface area contributed by atoms with Gasteiger partial charge in [-0.15, -0.1) is 0 Å². The number of benzene rings is 2. The van der Waals surface area contributed by atoms with Crippen LogP contribution in [0.4, 0.5) is 11.5 Å². The first-order valence-electron chi connectivity index (χ1n) is 8.39. The van der Waals surface area contributed by atoms with E-state index in [2.05, 4.69) is 20.4 Å². The summed E-state index contributed by atoms with van der Waals surface area (Å²) in [5.74, 6) is -0.0798. The van der Waals surface area contributed by atoms with Crippen molar-refractivity contribution < 1.29 is 14.3 Å². The van der Waals surface area contributed by atoms with Crippen molar-refractivity contribution in [3.63, 3.8) is 0 Å². The van der Waals surface area contributed by atoms with Crippen LogP contribution in [0.15, 0.2) is 72.9 Å². The van der Waals surface area contributed by atoms with Gasteiger partial charge >= 0.3 is 5.97 Å². The summed E-state index contributed by atoms with van der Waals surface area (Å²) in [6.45, 7) is 0.652. The van der Waals surface area contributed by atoms with Gasteiger partial charge in [0.05, 0.1) is 18.2 Å². The average Bonchev–Trinajstić information content (AvgIpc) is 2.73. The smallest absolute Gasteiger partial charge is 0.337 e. The topological polar surface area (TPSA) is 80.3 Å². The maximum atomic E-state index is 12.4. The molecule has 2 aromatic carbocycles. The molecule has 6 nitrogen and oxygen atoms in total. The maximum absolute atomic E-state index is 12.4. The summed E-state index contributed by atoms with van der Waals surface area (Å²) in [5.41, 5.74) is 2.44. The Bertz CT molecular complexity index is 925. The van der Waals surface area contributed by atoms with E-state index in [0.29, 0.717) is 29.2 Å². The molecular weight excluding hydrogens is 342 g/mol. The first-order valence-corrected chi connectivity index (χ1v) is 8.39. The molecular formula is C21H19N3O3. The van der Waals surface area contributed by atoms with Gasteiger partial charge in [0.15, 0.2) is 0 Å². The lowest BCUT2D eigenvalue weighted by atomic mass is 10.2. The van der Waals surface area contributed by atoms with Crippen LogP contribution >= 0.6 is 0 Å². The van der Waals surface area contributed by atoms with E-state index in [1.54, 1.807) is 36.4 Å². The van der Waals surface area contributed by atoms with E-state index >= 15 is 0 Å². The molecule has 3 aromatic rings. The number of hydrogen-bond acceptors (Lipinski definition) is 5. The molecule has 0 aliphatic heterocycles. The highest BCUT2D eigenvalue weighted by Crippen LogP contribution is 2.14. The second-order valence-electron chi connectivity index (χ2n) is 5.80. The zero-order valence-corrected chi connectivity index (χ0v) is 14.8. The number of pyridine rings is 1. The standard InChI is InChI=1S/C21H19N3O3/c1-27-21(26)16-8-5-9-18(12-16)24-20(25)17-10-11-19(23-14-17)22-13-15-6-3-2-4-7-15/h2-12,14H,13H2,1H3,(H,22,23)(H,24,25). The zero-order chi connectivity index (χ0) is 19.1. The van der Waals surface area contributed by atoms with Gasteiger partial charge in [-0.1, -0.05) is 36.4 Å². The molecule has 136 valence electrons. The molecule has 2 N–H and O–H groups in total. The van der Waals surface area contributed by atoms with Gasteiger partial charge in [-0.05, 0) is 35.9 Å². The number of nitrogens with one attached hydrogen (secondary N) is 2. The van der Waals surface area contributed by atoms with Crippen LogP contribution in [-0.2, 0) is 11.3 Å². The first-order chi connectivity index (χ1) is 13.2. The Labute approximate surface area is 157 Å².